The fourth-order valence-corrected chi connectivity index (χ4v) is 5.05. The van der Waals surface area contributed by atoms with Gasteiger partial charge >= 0.3 is 11.9 Å². The molecule has 44 heavy (non-hydrogen) atoms. The molecule has 226 valence electrons. The average molecular weight is 603 g/mol. The highest BCUT2D eigenvalue weighted by Crippen LogP contribution is 2.39. The summed E-state index contributed by atoms with van der Waals surface area (Å²) >= 11 is 0. The third-order valence-corrected chi connectivity index (χ3v) is 7.00. The van der Waals surface area contributed by atoms with Gasteiger partial charge in [-0.1, -0.05) is 0 Å². The topological polar surface area (TPSA) is 167 Å². The van der Waals surface area contributed by atoms with Crippen molar-refractivity contribution >= 4 is 45.1 Å². The van der Waals surface area contributed by atoms with Crippen LogP contribution in [0.2, 0.25) is 0 Å². The summed E-state index contributed by atoms with van der Waals surface area (Å²) in [5, 5.41) is 25.4. The quantitative estimate of drug-likeness (QED) is 0.109. The first-order chi connectivity index (χ1) is 21.1. The van der Waals surface area contributed by atoms with Gasteiger partial charge in [0, 0.05) is 29.2 Å². The summed E-state index contributed by atoms with van der Waals surface area (Å²) in [5.41, 5.74) is -0.350. The predicted octanol–water partition coefficient (Wildman–Crippen LogP) is 5.76. The van der Waals surface area contributed by atoms with E-state index < -0.39 is 33.2 Å². The monoisotopic (exact) mass is 602 g/mol. The highest BCUT2D eigenvalue weighted by atomic mass is 16.6. The van der Waals surface area contributed by atoms with Crippen LogP contribution < -0.4 is 9.47 Å². The lowest BCUT2D eigenvalue weighted by Crippen LogP contribution is -2.07. The van der Waals surface area contributed by atoms with Crippen molar-refractivity contribution in [1.82, 2.24) is 9.13 Å². The van der Waals surface area contributed by atoms with Crippen LogP contribution in [0, 0.1) is 20.2 Å². The molecule has 2 heterocycles. The Morgan fingerprint density at radius 2 is 1.09 bits per heavy atom. The Balaban J connectivity index is 1.87. The normalized spacial score (nSPS) is 11.0. The molecular weight excluding hydrogens is 576 g/mol. The highest BCUT2D eigenvalue weighted by molar-refractivity contribution is 6.06. The smallest absolute Gasteiger partial charge is 0.340 e. The fraction of sp³-hybridized carbons (Fsp3) is 0.200. The van der Waals surface area contributed by atoms with Gasteiger partial charge in [0.2, 0.25) is 0 Å². The third kappa shape index (κ3) is 5.02. The Kier molecular flexibility index (Phi) is 7.90. The summed E-state index contributed by atoms with van der Waals surface area (Å²) < 4.78 is 23.9. The Morgan fingerprint density at radius 3 is 1.43 bits per heavy atom. The molecule has 2 aromatic heterocycles. The van der Waals surface area contributed by atoms with Crippen molar-refractivity contribution in [2.45, 2.75) is 13.8 Å². The van der Waals surface area contributed by atoms with Crippen LogP contribution in [0.25, 0.3) is 33.2 Å². The SMILES string of the molecule is CCOC(=O)c1cn(-c2cc(-n3cc(C(=O)OCC)c4cc(OC)ccc43)c([N+](=O)[O-])cc2[N+](=O)[O-])c2ccc(OC)cc12. The molecule has 3 aromatic carbocycles. The third-order valence-electron chi connectivity index (χ3n) is 7.00. The van der Waals surface area contributed by atoms with Gasteiger partial charge in [-0.25, -0.2) is 9.59 Å². The first kappa shape index (κ1) is 29.6. The number of rotatable bonds is 10. The maximum absolute atomic E-state index is 12.9. The van der Waals surface area contributed by atoms with E-state index in [0.717, 1.165) is 6.07 Å². The molecule has 0 N–H and O–H groups in total. The second-order valence-corrected chi connectivity index (χ2v) is 9.38. The van der Waals surface area contributed by atoms with E-state index in [9.17, 15) is 29.8 Å². The number of fused-ring (bicyclic) bond motifs is 2. The van der Waals surface area contributed by atoms with Crippen molar-refractivity contribution in [2.24, 2.45) is 0 Å². The highest BCUT2D eigenvalue weighted by Gasteiger charge is 2.30. The molecular formula is C30H26N4O10. The van der Waals surface area contributed by atoms with E-state index in [4.69, 9.17) is 18.9 Å². The Hall–Kier alpha value is -5.92. The minimum Gasteiger partial charge on any atom is -0.497 e. The number of esters is 2. The van der Waals surface area contributed by atoms with Crippen LogP contribution in [0.1, 0.15) is 34.6 Å². The molecule has 0 aliphatic carbocycles. The van der Waals surface area contributed by atoms with Crippen LogP contribution in [-0.4, -0.2) is 58.4 Å². The van der Waals surface area contributed by atoms with Gasteiger partial charge in [0.1, 0.15) is 22.9 Å². The fourth-order valence-electron chi connectivity index (χ4n) is 5.05. The van der Waals surface area contributed by atoms with Crippen LogP contribution >= 0.6 is 0 Å². The van der Waals surface area contributed by atoms with E-state index in [2.05, 4.69) is 0 Å². The van der Waals surface area contributed by atoms with Crippen molar-refractivity contribution in [3.63, 3.8) is 0 Å². The Morgan fingerprint density at radius 1 is 0.682 bits per heavy atom. The summed E-state index contributed by atoms with van der Waals surface area (Å²) in [7, 11) is 2.91. The van der Waals surface area contributed by atoms with Crippen LogP contribution in [0.4, 0.5) is 11.4 Å². The number of carbonyl (C=O) groups excluding carboxylic acids is 2. The first-order valence-corrected chi connectivity index (χ1v) is 13.3. The van der Waals surface area contributed by atoms with Gasteiger partial charge < -0.3 is 28.1 Å². The van der Waals surface area contributed by atoms with Gasteiger partial charge in [0.15, 0.2) is 0 Å². The zero-order chi connectivity index (χ0) is 31.7. The molecule has 5 rings (SSSR count). The Bertz CT molecular complexity index is 1840. The van der Waals surface area contributed by atoms with E-state index in [-0.39, 0.29) is 35.7 Å². The van der Waals surface area contributed by atoms with E-state index in [0.29, 0.717) is 33.3 Å². The number of ether oxygens (including phenoxy) is 4. The number of hydrogen-bond donors (Lipinski definition) is 0. The molecule has 14 heteroatoms. The average Bonchev–Trinajstić information content (AvgIpc) is 3.59. The molecule has 0 atom stereocenters. The van der Waals surface area contributed by atoms with Crippen molar-refractivity contribution < 1.29 is 38.4 Å². The summed E-state index contributed by atoms with van der Waals surface area (Å²) in [6.07, 6.45) is 2.76. The number of nitro benzene ring substituents is 2. The second kappa shape index (κ2) is 11.8. The summed E-state index contributed by atoms with van der Waals surface area (Å²) in [5.74, 6) is -0.474. The molecule has 0 unspecified atom stereocenters. The molecule has 0 aliphatic heterocycles. The summed E-state index contributed by atoms with van der Waals surface area (Å²) in [6, 6.07) is 11.8. The van der Waals surface area contributed by atoms with Gasteiger partial charge in [-0.15, -0.1) is 0 Å². The molecule has 14 nitrogen and oxygen atoms in total. The minimum absolute atomic E-state index is 0.0747. The second-order valence-electron chi connectivity index (χ2n) is 9.38. The van der Waals surface area contributed by atoms with Crippen molar-refractivity contribution in [2.75, 3.05) is 27.4 Å². The largest absolute Gasteiger partial charge is 0.497 e. The summed E-state index contributed by atoms with van der Waals surface area (Å²) in [6.45, 7) is 3.47. The van der Waals surface area contributed by atoms with Gasteiger partial charge in [-0.05, 0) is 50.2 Å². The first-order valence-electron chi connectivity index (χ1n) is 13.3. The summed E-state index contributed by atoms with van der Waals surface area (Å²) in [4.78, 5) is 49.0. The number of nitrogens with zero attached hydrogens (tertiary/aromatic N) is 4. The minimum atomic E-state index is -0.742. The molecule has 0 aliphatic rings. The number of carbonyl (C=O) groups is 2. The molecule has 0 amide bonds. The lowest BCUT2D eigenvalue weighted by molar-refractivity contribution is -0.393. The van der Waals surface area contributed by atoms with Gasteiger partial charge in [0.05, 0.1) is 65.5 Å². The van der Waals surface area contributed by atoms with E-state index in [1.165, 1.54) is 41.8 Å². The molecule has 0 fully saturated rings. The van der Waals surface area contributed by atoms with E-state index >= 15 is 0 Å². The van der Waals surface area contributed by atoms with Gasteiger partial charge in [0.25, 0.3) is 11.4 Å². The van der Waals surface area contributed by atoms with Crippen molar-refractivity contribution in [1.29, 1.82) is 0 Å². The number of hydrogen-bond acceptors (Lipinski definition) is 10. The van der Waals surface area contributed by atoms with E-state index in [1.54, 1.807) is 50.2 Å². The molecule has 0 saturated heterocycles. The predicted molar refractivity (Wildman–Crippen MR) is 158 cm³/mol. The van der Waals surface area contributed by atoms with E-state index in [1.807, 2.05) is 0 Å². The van der Waals surface area contributed by atoms with Crippen LogP contribution in [0.5, 0.6) is 11.5 Å². The zero-order valence-corrected chi connectivity index (χ0v) is 24.1. The van der Waals surface area contributed by atoms with Gasteiger partial charge in [-0.2, -0.15) is 0 Å². The van der Waals surface area contributed by atoms with Crippen LogP contribution in [0.15, 0.2) is 60.9 Å². The standard InChI is InChI=1S/C30H26N4O10/c1-5-43-29(35)21-15-31(23-9-7-17(41-3)11-19(21)23)25-13-26(28(34(39)40)14-27(25)33(37)38)32-16-22(30(36)44-6-2)20-12-18(42-4)8-10-24(20)32/h7-16H,5-6H2,1-4H3. The van der Waals surface area contributed by atoms with Crippen LogP contribution in [0.3, 0.4) is 0 Å². The molecule has 0 bridgehead atoms. The number of aromatic nitrogens is 2. The molecule has 0 spiro atoms. The Labute approximate surface area is 249 Å². The lowest BCUT2D eigenvalue weighted by Gasteiger charge is -2.12. The number of nitro groups is 2. The van der Waals surface area contributed by atoms with Crippen LogP contribution in [-0.2, 0) is 9.47 Å². The number of methoxy groups -OCH3 is 2. The lowest BCUT2D eigenvalue weighted by atomic mass is 10.1. The maximum Gasteiger partial charge on any atom is 0.340 e. The van der Waals surface area contributed by atoms with Gasteiger partial charge in [-0.3, -0.25) is 20.2 Å². The van der Waals surface area contributed by atoms with Crippen molar-refractivity contribution in [3.05, 3.63) is 92.3 Å². The number of benzene rings is 3. The molecule has 0 radical (unpaired) electrons. The molecule has 5 aromatic rings. The zero-order valence-electron chi connectivity index (χ0n) is 24.1. The maximum atomic E-state index is 12.9. The molecule has 0 saturated carbocycles. The van der Waals surface area contributed by atoms with Crippen molar-refractivity contribution in [3.8, 4) is 22.9 Å².